The van der Waals surface area contributed by atoms with E-state index in [-0.39, 0.29) is 6.04 Å². The first kappa shape index (κ1) is 22.3. The van der Waals surface area contributed by atoms with Crippen molar-refractivity contribution in [3.05, 3.63) is 60.0 Å². The minimum absolute atomic E-state index is 0.260. The second-order valence-electron chi connectivity index (χ2n) is 8.97. The predicted octanol–water partition coefficient (Wildman–Crippen LogP) is 3.58. The summed E-state index contributed by atoms with van der Waals surface area (Å²) in [4.78, 5) is 12.1. The zero-order chi connectivity index (χ0) is 23.3. The molecule has 0 unspecified atom stereocenters. The Morgan fingerprint density at radius 2 is 1.88 bits per heavy atom. The van der Waals surface area contributed by atoms with Crippen LogP contribution in [-0.4, -0.2) is 48.5 Å². The highest BCUT2D eigenvalue weighted by Crippen LogP contribution is 2.23. The summed E-state index contributed by atoms with van der Waals surface area (Å²) < 4.78 is 3.73. The first-order valence-corrected chi connectivity index (χ1v) is 12.3. The maximum Gasteiger partial charge on any atom is 0.230 e. The summed E-state index contributed by atoms with van der Waals surface area (Å²) >= 11 is 0. The van der Waals surface area contributed by atoms with E-state index in [9.17, 15) is 0 Å². The Morgan fingerprint density at radius 3 is 2.68 bits per heavy atom. The van der Waals surface area contributed by atoms with Crippen LogP contribution in [0.1, 0.15) is 50.2 Å². The number of aromatic nitrogens is 6. The SMILES string of the molecule is CCCCCc1cnn2c(NCc3ccccc3-n3cccn3)nc(N3CCC(N)CC3)nc12. The fraction of sp³-hybridized carbons (Fsp3) is 0.440. The largest absolute Gasteiger partial charge is 0.350 e. The van der Waals surface area contributed by atoms with Crippen molar-refractivity contribution in [2.45, 2.75) is 58.0 Å². The zero-order valence-electron chi connectivity index (χ0n) is 19.8. The van der Waals surface area contributed by atoms with Gasteiger partial charge in [0.15, 0.2) is 5.65 Å². The Kier molecular flexibility index (Phi) is 6.71. The quantitative estimate of drug-likeness (QED) is 0.369. The van der Waals surface area contributed by atoms with Crippen molar-refractivity contribution in [2.24, 2.45) is 5.73 Å². The van der Waals surface area contributed by atoms with Crippen LogP contribution in [0.4, 0.5) is 11.9 Å². The van der Waals surface area contributed by atoms with Gasteiger partial charge in [-0.25, -0.2) is 4.68 Å². The Hall–Kier alpha value is -3.46. The maximum absolute atomic E-state index is 6.14. The molecule has 1 fully saturated rings. The van der Waals surface area contributed by atoms with Crippen LogP contribution in [0.25, 0.3) is 11.3 Å². The standard InChI is InChI=1S/C25H33N9/c1-2-3-4-9-20-18-29-34-23(20)30-25(32-15-11-21(26)12-16-32)31-24(34)27-17-19-8-5-6-10-22(19)33-14-7-13-28-33/h5-8,10,13-14,18,21H,2-4,9,11-12,15-17,26H2,1H3,(H,27,30,31). The molecule has 0 radical (unpaired) electrons. The number of nitrogens with two attached hydrogens (primary N) is 1. The van der Waals surface area contributed by atoms with Gasteiger partial charge in [-0.05, 0) is 43.4 Å². The van der Waals surface area contributed by atoms with E-state index in [4.69, 9.17) is 15.7 Å². The average molecular weight is 460 g/mol. The number of benzene rings is 1. The van der Waals surface area contributed by atoms with Gasteiger partial charge in [-0.2, -0.15) is 24.7 Å². The lowest BCUT2D eigenvalue weighted by atomic mass is 10.1. The summed E-state index contributed by atoms with van der Waals surface area (Å²) in [5, 5.41) is 12.6. The average Bonchev–Trinajstić information content (AvgIpc) is 3.54. The van der Waals surface area contributed by atoms with Crippen LogP contribution in [0.15, 0.2) is 48.9 Å². The molecule has 0 atom stereocenters. The molecule has 4 heterocycles. The van der Waals surface area contributed by atoms with Crippen LogP contribution in [0.2, 0.25) is 0 Å². The summed E-state index contributed by atoms with van der Waals surface area (Å²) in [6, 6.07) is 10.4. The summed E-state index contributed by atoms with van der Waals surface area (Å²) in [5.74, 6) is 1.45. The van der Waals surface area contributed by atoms with Gasteiger partial charge in [-0.3, -0.25) is 0 Å². The molecule has 9 nitrogen and oxygen atoms in total. The minimum Gasteiger partial charge on any atom is -0.350 e. The van der Waals surface area contributed by atoms with Crippen LogP contribution in [0.3, 0.4) is 0 Å². The molecule has 9 heteroatoms. The molecule has 3 N–H and O–H groups in total. The van der Waals surface area contributed by atoms with Gasteiger partial charge in [0.25, 0.3) is 0 Å². The summed E-state index contributed by atoms with van der Waals surface area (Å²) in [6.07, 6.45) is 12.1. The van der Waals surface area contributed by atoms with E-state index in [1.807, 2.05) is 39.8 Å². The van der Waals surface area contributed by atoms with E-state index < -0.39 is 0 Å². The lowest BCUT2D eigenvalue weighted by Crippen LogP contribution is -2.40. The van der Waals surface area contributed by atoms with Gasteiger partial charge in [0.2, 0.25) is 11.9 Å². The first-order valence-electron chi connectivity index (χ1n) is 12.3. The molecule has 0 bridgehead atoms. The Morgan fingerprint density at radius 1 is 1.03 bits per heavy atom. The summed E-state index contributed by atoms with van der Waals surface area (Å²) in [5.41, 5.74) is 10.4. The maximum atomic E-state index is 6.14. The van der Waals surface area contributed by atoms with E-state index in [2.05, 4.69) is 39.5 Å². The zero-order valence-corrected chi connectivity index (χ0v) is 19.8. The van der Waals surface area contributed by atoms with E-state index in [0.717, 1.165) is 61.6 Å². The molecular formula is C25H33N9. The van der Waals surface area contributed by atoms with Gasteiger partial charge in [0.1, 0.15) is 0 Å². The highest BCUT2D eigenvalue weighted by atomic mass is 15.4. The van der Waals surface area contributed by atoms with Gasteiger partial charge in [0.05, 0.1) is 11.9 Å². The van der Waals surface area contributed by atoms with Crippen molar-refractivity contribution in [1.29, 1.82) is 0 Å². The smallest absolute Gasteiger partial charge is 0.230 e. The highest BCUT2D eigenvalue weighted by Gasteiger charge is 2.21. The minimum atomic E-state index is 0.260. The topological polar surface area (TPSA) is 102 Å². The molecule has 0 spiro atoms. The van der Waals surface area contributed by atoms with E-state index in [1.54, 1.807) is 6.20 Å². The third-order valence-corrected chi connectivity index (χ3v) is 6.48. The van der Waals surface area contributed by atoms with Crippen LogP contribution in [0.5, 0.6) is 0 Å². The Bertz CT molecular complexity index is 1210. The van der Waals surface area contributed by atoms with Crippen LogP contribution < -0.4 is 16.0 Å². The summed E-state index contributed by atoms with van der Waals surface area (Å²) in [7, 11) is 0. The van der Waals surface area contributed by atoms with Crippen molar-refractivity contribution < 1.29 is 0 Å². The molecular weight excluding hydrogens is 426 g/mol. The molecule has 0 saturated carbocycles. The second kappa shape index (κ2) is 10.2. The molecule has 5 rings (SSSR count). The van der Waals surface area contributed by atoms with E-state index in [1.165, 1.54) is 18.4 Å². The highest BCUT2D eigenvalue weighted by molar-refractivity contribution is 5.56. The number of aryl methyl sites for hydroxylation is 1. The number of rotatable bonds is 9. The molecule has 34 heavy (non-hydrogen) atoms. The monoisotopic (exact) mass is 459 g/mol. The Labute approximate surface area is 200 Å². The number of piperidine rings is 1. The third-order valence-electron chi connectivity index (χ3n) is 6.48. The number of hydrogen-bond donors (Lipinski definition) is 2. The van der Waals surface area contributed by atoms with Crippen LogP contribution >= 0.6 is 0 Å². The molecule has 1 aliphatic heterocycles. The van der Waals surface area contributed by atoms with E-state index in [0.29, 0.717) is 12.5 Å². The number of hydrogen-bond acceptors (Lipinski definition) is 7. The number of para-hydroxylation sites is 1. The summed E-state index contributed by atoms with van der Waals surface area (Å²) in [6.45, 7) is 4.56. The molecule has 4 aromatic rings. The fourth-order valence-electron chi connectivity index (χ4n) is 4.48. The second-order valence-corrected chi connectivity index (χ2v) is 8.97. The normalized spacial score (nSPS) is 14.7. The fourth-order valence-corrected chi connectivity index (χ4v) is 4.48. The molecule has 1 aliphatic rings. The van der Waals surface area contributed by atoms with Crippen molar-refractivity contribution in [1.82, 2.24) is 29.4 Å². The number of anilines is 2. The first-order chi connectivity index (χ1) is 16.7. The van der Waals surface area contributed by atoms with Gasteiger partial charge in [-0.1, -0.05) is 38.0 Å². The molecule has 0 amide bonds. The van der Waals surface area contributed by atoms with E-state index >= 15 is 0 Å². The van der Waals surface area contributed by atoms with Crippen molar-refractivity contribution >= 4 is 17.5 Å². The van der Waals surface area contributed by atoms with Gasteiger partial charge in [-0.15, -0.1) is 0 Å². The molecule has 3 aromatic heterocycles. The lowest BCUT2D eigenvalue weighted by molar-refractivity contribution is 0.495. The van der Waals surface area contributed by atoms with Crippen molar-refractivity contribution in [3.63, 3.8) is 0 Å². The lowest BCUT2D eigenvalue weighted by Gasteiger charge is -2.30. The van der Waals surface area contributed by atoms with Crippen LogP contribution in [0, 0.1) is 0 Å². The third kappa shape index (κ3) is 4.75. The molecule has 1 saturated heterocycles. The number of nitrogens with one attached hydrogen (secondary N) is 1. The predicted molar refractivity (Wildman–Crippen MR) is 134 cm³/mol. The molecule has 178 valence electrons. The number of fused-ring (bicyclic) bond motifs is 1. The van der Waals surface area contributed by atoms with Gasteiger partial charge in [0, 0.05) is 43.6 Å². The van der Waals surface area contributed by atoms with Crippen LogP contribution in [-0.2, 0) is 13.0 Å². The van der Waals surface area contributed by atoms with Crippen molar-refractivity contribution in [2.75, 3.05) is 23.3 Å². The van der Waals surface area contributed by atoms with Gasteiger partial charge < -0.3 is 16.0 Å². The van der Waals surface area contributed by atoms with Crippen molar-refractivity contribution in [3.8, 4) is 5.69 Å². The Balaban J connectivity index is 1.46. The number of nitrogens with zero attached hydrogens (tertiary/aromatic N) is 7. The molecule has 1 aromatic carbocycles. The molecule has 0 aliphatic carbocycles. The number of unbranched alkanes of at least 4 members (excludes halogenated alkanes) is 2. The van der Waals surface area contributed by atoms with Gasteiger partial charge >= 0.3 is 0 Å².